The summed E-state index contributed by atoms with van der Waals surface area (Å²) in [5, 5.41) is 0. The summed E-state index contributed by atoms with van der Waals surface area (Å²) < 4.78 is 4.62. The van der Waals surface area contributed by atoms with Crippen molar-refractivity contribution in [2.45, 2.75) is 27.2 Å². The van der Waals surface area contributed by atoms with E-state index in [1.54, 1.807) is 6.08 Å². The highest BCUT2D eigenvalue weighted by Gasteiger charge is 2.03. The minimum atomic E-state index is -0.501. The Hall–Kier alpha value is -1.12. The van der Waals surface area contributed by atoms with Crippen LogP contribution in [0.4, 0.5) is 0 Å². The highest BCUT2D eigenvalue weighted by atomic mass is 16.5. The molecular weight excluding hydrogens is 156 g/mol. The summed E-state index contributed by atoms with van der Waals surface area (Å²) in [5.41, 5.74) is 0. The van der Waals surface area contributed by atoms with Gasteiger partial charge in [0.2, 0.25) is 0 Å². The van der Waals surface area contributed by atoms with Gasteiger partial charge >= 0.3 is 5.97 Å². The Morgan fingerprint density at radius 2 is 2.00 bits per heavy atom. The third-order valence-electron chi connectivity index (χ3n) is 1.06. The van der Waals surface area contributed by atoms with E-state index in [0.29, 0.717) is 5.92 Å². The van der Waals surface area contributed by atoms with Crippen LogP contribution in [0.3, 0.4) is 0 Å². The van der Waals surface area contributed by atoms with Gasteiger partial charge in [0.25, 0.3) is 0 Å². The van der Waals surface area contributed by atoms with E-state index in [4.69, 9.17) is 0 Å². The number of esters is 1. The van der Waals surface area contributed by atoms with E-state index >= 15 is 0 Å². The van der Waals surface area contributed by atoms with Crippen LogP contribution in [0.15, 0.2) is 12.3 Å². The van der Waals surface area contributed by atoms with Crippen LogP contribution in [0.5, 0.6) is 0 Å². The van der Waals surface area contributed by atoms with E-state index in [2.05, 4.69) is 4.74 Å². The normalized spacial score (nSPS) is 10.7. The highest BCUT2D eigenvalue weighted by Crippen LogP contribution is 1.95. The molecule has 0 fully saturated rings. The van der Waals surface area contributed by atoms with Crippen LogP contribution in [0.1, 0.15) is 27.2 Å². The summed E-state index contributed by atoms with van der Waals surface area (Å²) in [6, 6.07) is 0. The molecule has 0 aromatic heterocycles. The van der Waals surface area contributed by atoms with E-state index < -0.39 is 5.97 Å². The molecule has 68 valence electrons. The number of allylic oxidation sites excluding steroid dienone is 1. The first kappa shape index (κ1) is 10.9. The first-order valence-electron chi connectivity index (χ1n) is 3.88. The lowest BCUT2D eigenvalue weighted by Crippen LogP contribution is -2.05. The second-order valence-electron chi connectivity index (χ2n) is 2.94. The first-order chi connectivity index (χ1) is 5.52. The summed E-state index contributed by atoms with van der Waals surface area (Å²) in [6.07, 6.45) is 2.93. The Bertz CT molecular complexity index is 192. The largest absolute Gasteiger partial charge is 0.434 e. The Morgan fingerprint density at radius 1 is 1.42 bits per heavy atom. The number of hydrogen-bond donors (Lipinski definition) is 0. The summed E-state index contributed by atoms with van der Waals surface area (Å²) in [4.78, 5) is 21.2. The maximum atomic E-state index is 10.7. The van der Waals surface area contributed by atoms with Crippen molar-refractivity contribution < 1.29 is 14.3 Å². The van der Waals surface area contributed by atoms with Gasteiger partial charge in [-0.25, -0.2) is 0 Å². The molecule has 0 aliphatic carbocycles. The van der Waals surface area contributed by atoms with E-state index in [0.717, 1.165) is 0 Å². The number of hydrogen-bond acceptors (Lipinski definition) is 3. The molecule has 12 heavy (non-hydrogen) atoms. The molecule has 0 radical (unpaired) electrons. The van der Waals surface area contributed by atoms with Gasteiger partial charge < -0.3 is 4.74 Å². The minimum Gasteiger partial charge on any atom is -0.434 e. The van der Waals surface area contributed by atoms with Gasteiger partial charge in [-0.2, -0.15) is 0 Å². The standard InChI is InChI=1S/C9H14O3/c1-7(2)4-5-12-9(11)6-8(3)10/h4-5,7H,6H2,1-3H3. The fraction of sp³-hybridized carbons (Fsp3) is 0.556. The fourth-order valence-corrected chi connectivity index (χ4v) is 0.517. The van der Waals surface area contributed by atoms with Crippen LogP contribution in [-0.4, -0.2) is 11.8 Å². The highest BCUT2D eigenvalue weighted by molar-refractivity contribution is 5.94. The maximum Gasteiger partial charge on any atom is 0.318 e. The lowest BCUT2D eigenvalue weighted by molar-refractivity contribution is -0.140. The van der Waals surface area contributed by atoms with E-state index in [1.807, 2.05) is 13.8 Å². The molecule has 0 spiro atoms. The zero-order chi connectivity index (χ0) is 9.56. The molecule has 0 heterocycles. The van der Waals surface area contributed by atoms with Crippen molar-refractivity contribution in [2.75, 3.05) is 0 Å². The van der Waals surface area contributed by atoms with Crippen LogP contribution >= 0.6 is 0 Å². The molecule has 0 aromatic rings. The summed E-state index contributed by atoms with van der Waals surface area (Å²) in [5.74, 6) is -0.340. The van der Waals surface area contributed by atoms with Gasteiger partial charge in [-0.3, -0.25) is 9.59 Å². The average molecular weight is 170 g/mol. The lowest BCUT2D eigenvalue weighted by atomic mass is 10.2. The first-order valence-corrected chi connectivity index (χ1v) is 3.88. The molecule has 0 atom stereocenters. The number of ether oxygens (including phenoxy) is 1. The van der Waals surface area contributed by atoms with Crippen molar-refractivity contribution in [3.63, 3.8) is 0 Å². The second-order valence-corrected chi connectivity index (χ2v) is 2.94. The third-order valence-corrected chi connectivity index (χ3v) is 1.06. The van der Waals surface area contributed by atoms with Crippen molar-refractivity contribution in [3.8, 4) is 0 Å². The Balaban J connectivity index is 3.64. The van der Waals surface area contributed by atoms with E-state index in [-0.39, 0.29) is 12.2 Å². The van der Waals surface area contributed by atoms with Crippen LogP contribution in [0.2, 0.25) is 0 Å². The van der Waals surface area contributed by atoms with Crippen molar-refractivity contribution in [1.82, 2.24) is 0 Å². The smallest absolute Gasteiger partial charge is 0.318 e. The molecule has 0 bridgehead atoms. The number of ketones is 1. The number of rotatable bonds is 4. The lowest BCUT2D eigenvalue weighted by Gasteiger charge is -1.96. The minimum absolute atomic E-state index is 0.150. The summed E-state index contributed by atoms with van der Waals surface area (Å²) >= 11 is 0. The van der Waals surface area contributed by atoms with Gasteiger partial charge in [0.15, 0.2) is 0 Å². The molecule has 3 heteroatoms. The number of carbonyl (C=O) groups excluding carboxylic acids is 2. The molecule has 0 aromatic carbocycles. The summed E-state index contributed by atoms with van der Waals surface area (Å²) in [7, 11) is 0. The third kappa shape index (κ3) is 6.99. The van der Waals surface area contributed by atoms with Gasteiger partial charge in [-0.15, -0.1) is 0 Å². The van der Waals surface area contributed by atoms with Crippen LogP contribution in [0, 0.1) is 5.92 Å². The van der Waals surface area contributed by atoms with Gasteiger partial charge in [-0.05, 0) is 18.9 Å². The second kappa shape index (κ2) is 5.52. The quantitative estimate of drug-likeness (QED) is 0.366. The molecule has 0 amide bonds. The Morgan fingerprint density at radius 3 is 2.42 bits per heavy atom. The fourth-order valence-electron chi connectivity index (χ4n) is 0.517. The van der Waals surface area contributed by atoms with E-state index in [9.17, 15) is 9.59 Å². The number of Topliss-reactive ketones (excluding diaryl/α,β-unsaturated/α-hetero) is 1. The van der Waals surface area contributed by atoms with Gasteiger partial charge in [0.05, 0.1) is 6.26 Å². The maximum absolute atomic E-state index is 10.7. The Kier molecular flexibility index (Phi) is 5.00. The molecular formula is C9H14O3. The predicted octanol–water partition coefficient (Wildman–Crippen LogP) is 1.68. The van der Waals surface area contributed by atoms with Crippen molar-refractivity contribution in [1.29, 1.82) is 0 Å². The molecule has 3 nitrogen and oxygen atoms in total. The molecule has 0 rings (SSSR count). The molecule has 0 N–H and O–H groups in total. The van der Waals surface area contributed by atoms with Crippen LogP contribution in [-0.2, 0) is 14.3 Å². The predicted molar refractivity (Wildman–Crippen MR) is 45.4 cm³/mol. The molecule has 0 unspecified atom stereocenters. The monoisotopic (exact) mass is 170 g/mol. The molecule has 0 saturated heterocycles. The van der Waals surface area contributed by atoms with Crippen LogP contribution in [0.25, 0.3) is 0 Å². The number of carbonyl (C=O) groups is 2. The molecule has 0 aliphatic rings. The summed E-state index contributed by atoms with van der Waals surface area (Å²) in [6.45, 7) is 5.29. The van der Waals surface area contributed by atoms with Crippen molar-refractivity contribution in [3.05, 3.63) is 12.3 Å². The van der Waals surface area contributed by atoms with Gasteiger partial charge in [-0.1, -0.05) is 13.8 Å². The SMILES string of the molecule is CC(=O)CC(=O)OC=CC(C)C. The van der Waals surface area contributed by atoms with E-state index in [1.165, 1.54) is 13.2 Å². The molecule has 0 saturated carbocycles. The van der Waals surface area contributed by atoms with Crippen molar-refractivity contribution >= 4 is 11.8 Å². The average Bonchev–Trinajstić information content (AvgIpc) is 1.84. The van der Waals surface area contributed by atoms with Gasteiger partial charge in [0.1, 0.15) is 12.2 Å². The Labute approximate surface area is 72.4 Å². The van der Waals surface area contributed by atoms with Gasteiger partial charge in [0, 0.05) is 0 Å². The molecule has 0 aliphatic heterocycles. The zero-order valence-electron chi connectivity index (χ0n) is 7.66. The van der Waals surface area contributed by atoms with Crippen LogP contribution < -0.4 is 0 Å². The topological polar surface area (TPSA) is 43.4 Å². The van der Waals surface area contributed by atoms with Crippen molar-refractivity contribution in [2.24, 2.45) is 5.92 Å². The zero-order valence-corrected chi connectivity index (χ0v) is 7.66.